The van der Waals surface area contributed by atoms with Crippen LogP contribution in [0, 0.1) is 0 Å². The number of halogens is 1. The Morgan fingerprint density at radius 1 is 1.11 bits per heavy atom. The van der Waals surface area contributed by atoms with Crippen molar-refractivity contribution in [1.82, 2.24) is 5.32 Å². The van der Waals surface area contributed by atoms with Crippen LogP contribution >= 0.6 is 11.6 Å². The quantitative estimate of drug-likeness (QED) is 0.385. The second kappa shape index (κ2) is 11.3. The van der Waals surface area contributed by atoms with Gasteiger partial charge in [-0.1, -0.05) is 23.7 Å². The molecule has 27 heavy (non-hydrogen) atoms. The fraction of sp³-hybridized carbons (Fsp3) is 0.350. The summed E-state index contributed by atoms with van der Waals surface area (Å²) in [6.45, 7) is 1.84. The summed E-state index contributed by atoms with van der Waals surface area (Å²) in [6.07, 6.45) is 0.848. The number of anilines is 1. The van der Waals surface area contributed by atoms with Gasteiger partial charge >= 0.3 is 0 Å². The van der Waals surface area contributed by atoms with Gasteiger partial charge < -0.3 is 24.8 Å². The molecule has 0 radical (unpaired) electrons. The number of nitrogens with one attached hydrogen (secondary N) is 2. The van der Waals surface area contributed by atoms with E-state index in [0.717, 1.165) is 29.2 Å². The van der Waals surface area contributed by atoms with Gasteiger partial charge in [0.1, 0.15) is 11.5 Å². The van der Waals surface area contributed by atoms with Crippen molar-refractivity contribution < 1.29 is 14.2 Å². The van der Waals surface area contributed by atoms with Crippen molar-refractivity contribution in [2.75, 3.05) is 39.8 Å². The maximum Gasteiger partial charge on any atom is 0.195 e. The minimum atomic E-state index is 0.549. The molecule has 7 heteroatoms. The third-order valence-corrected chi connectivity index (χ3v) is 4.01. The largest absolute Gasteiger partial charge is 0.496 e. The van der Waals surface area contributed by atoms with Gasteiger partial charge in [-0.05, 0) is 24.3 Å². The van der Waals surface area contributed by atoms with Gasteiger partial charge in [-0.3, -0.25) is 4.99 Å². The van der Waals surface area contributed by atoms with Gasteiger partial charge in [0.05, 0.1) is 13.7 Å². The Balaban J connectivity index is 1.93. The highest BCUT2D eigenvalue weighted by Crippen LogP contribution is 2.23. The Bertz CT molecular complexity index is 753. The smallest absolute Gasteiger partial charge is 0.195 e. The van der Waals surface area contributed by atoms with E-state index >= 15 is 0 Å². The zero-order valence-corrected chi connectivity index (χ0v) is 16.7. The van der Waals surface area contributed by atoms with Crippen molar-refractivity contribution in [3.05, 3.63) is 53.1 Å². The van der Waals surface area contributed by atoms with E-state index in [1.165, 1.54) is 0 Å². The van der Waals surface area contributed by atoms with Crippen LogP contribution in [0.4, 0.5) is 5.69 Å². The highest BCUT2D eigenvalue weighted by Gasteiger charge is 2.06. The fourth-order valence-electron chi connectivity index (χ4n) is 2.42. The van der Waals surface area contributed by atoms with E-state index in [1.54, 1.807) is 27.3 Å². The molecule has 0 unspecified atom stereocenters. The molecule has 0 aliphatic heterocycles. The molecule has 0 saturated carbocycles. The maximum atomic E-state index is 6.01. The predicted molar refractivity (Wildman–Crippen MR) is 110 cm³/mol. The average Bonchev–Trinajstić information content (AvgIpc) is 2.69. The van der Waals surface area contributed by atoms with Gasteiger partial charge in [0.25, 0.3) is 0 Å². The van der Waals surface area contributed by atoms with Gasteiger partial charge in [-0.15, -0.1) is 0 Å². The Labute approximate surface area is 165 Å². The lowest BCUT2D eigenvalue weighted by Gasteiger charge is -2.15. The lowest BCUT2D eigenvalue weighted by atomic mass is 10.2. The summed E-state index contributed by atoms with van der Waals surface area (Å²) in [7, 11) is 5.03. The minimum Gasteiger partial charge on any atom is -0.496 e. The summed E-state index contributed by atoms with van der Waals surface area (Å²) in [4.78, 5) is 4.26. The number of methoxy groups -OCH3 is 2. The molecule has 0 aliphatic carbocycles. The first-order chi connectivity index (χ1) is 13.2. The fourth-order valence-corrected chi connectivity index (χ4v) is 2.58. The first kappa shape index (κ1) is 20.9. The molecule has 0 atom stereocenters. The first-order valence-corrected chi connectivity index (χ1v) is 9.06. The van der Waals surface area contributed by atoms with E-state index in [1.807, 2.05) is 36.4 Å². The molecule has 0 saturated heterocycles. The van der Waals surface area contributed by atoms with Crippen LogP contribution in [0.1, 0.15) is 12.0 Å². The van der Waals surface area contributed by atoms with E-state index in [4.69, 9.17) is 25.8 Å². The van der Waals surface area contributed by atoms with Gasteiger partial charge in [0.15, 0.2) is 5.96 Å². The molecular weight excluding hydrogens is 366 g/mol. The summed E-state index contributed by atoms with van der Waals surface area (Å²) in [6, 6.07) is 13.3. The number of aliphatic imine (C=N–C) groups is 1. The number of hydrogen-bond acceptors (Lipinski definition) is 4. The summed E-state index contributed by atoms with van der Waals surface area (Å²) in [5.41, 5.74) is 1.87. The van der Waals surface area contributed by atoms with E-state index in [0.29, 0.717) is 30.7 Å². The normalized spacial score (nSPS) is 11.2. The molecule has 2 aromatic rings. The van der Waals surface area contributed by atoms with Crippen molar-refractivity contribution >= 4 is 23.2 Å². The van der Waals surface area contributed by atoms with Crippen molar-refractivity contribution in [1.29, 1.82) is 0 Å². The van der Waals surface area contributed by atoms with Crippen molar-refractivity contribution in [3.63, 3.8) is 0 Å². The zero-order valence-electron chi connectivity index (χ0n) is 15.9. The molecule has 0 fully saturated rings. The lowest BCUT2D eigenvalue weighted by molar-refractivity contribution is 0.172. The minimum absolute atomic E-state index is 0.549. The van der Waals surface area contributed by atoms with Crippen LogP contribution in [0.3, 0.4) is 0 Å². The van der Waals surface area contributed by atoms with Crippen LogP contribution in [-0.2, 0) is 11.3 Å². The first-order valence-electron chi connectivity index (χ1n) is 8.68. The van der Waals surface area contributed by atoms with Crippen LogP contribution in [0.15, 0.2) is 47.5 Å². The number of benzene rings is 2. The van der Waals surface area contributed by atoms with Crippen LogP contribution in [0.25, 0.3) is 0 Å². The van der Waals surface area contributed by atoms with Crippen LogP contribution in [-0.4, -0.2) is 40.4 Å². The molecule has 6 nitrogen and oxygen atoms in total. The highest BCUT2D eigenvalue weighted by molar-refractivity contribution is 6.30. The van der Waals surface area contributed by atoms with Gasteiger partial charge in [-0.25, -0.2) is 0 Å². The van der Waals surface area contributed by atoms with E-state index < -0.39 is 0 Å². The number of nitrogens with zero attached hydrogens (tertiary/aromatic N) is 1. The molecule has 2 N–H and O–H groups in total. The molecule has 2 rings (SSSR count). The number of ether oxygens (including phenoxy) is 3. The molecule has 2 aromatic carbocycles. The Kier molecular flexibility index (Phi) is 8.74. The molecule has 0 aromatic heterocycles. The monoisotopic (exact) mass is 391 g/mol. The standard InChI is InChI=1S/C20H26ClN3O3/c1-22-20(23-14-15-8-9-16(21)12-19(15)26-3)24-17-6-4-7-18(13-17)27-11-5-10-25-2/h4,6-9,12-13H,5,10-11,14H2,1-3H3,(H2,22,23,24). The molecule has 0 spiro atoms. The van der Waals surface area contributed by atoms with Gasteiger partial charge in [0.2, 0.25) is 0 Å². The van der Waals surface area contributed by atoms with Crippen molar-refractivity contribution in [3.8, 4) is 11.5 Å². The molecule has 146 valence electrons. The number of guanidine groups is 1. The van der Waals surface area contributed by atoms with E-state index in [-0.39, 0.29) is 0 Å². The molecular formula is C20H26ClN3O3. The van der Waals surface area contributed by atoms with Crippen molar-refractivity contribution in [2.45, 2.75) is 13.0 Å². The number of rotatable bonds is 9. The number of hydrogen-bond donors (Lipinski definition) is 2. The molecule has 0 heterocycles. The summed E-state index contributed by atoms with van der Waals surface area (Å²) in [5.74, 6) is 2.17. The van der Waals surface area contributed by atoms with Crippen LogP contribution in [0.2, 0.25) is 5.02 Å². The maximum absolute atomic E-state index is 6.01. The van der Waals surface area contributed by atoms with Crippen molar-refractivity contribution in [2.24, 2.45) is 4.99 Å². The second-order valence-corrected chi connectivity index (χ2v) is 6.17. The highest BCUT2D eigenvalue weighted by atomic mass is 35.5. The summed E-state index contributed by atoms with van der Waals surface area (Å²) < 4.78 is 16.1. The summed E-state index contributed by atoms with van der Waals surface area (Å²) in [5, 5.41) is 7.16. The van der Waals surface area contributed by atoms with Crippen LogP contribution in [0.5, 0.6) is 11.5 Å². The molecule has 0 amide bonds. The Hall–Kier alpha value is -2.44. The lowest BCUT2D eigenvalue weighted by Crippen LogP contribution is -2.30. The van der Waals surface area contributed by atoms with Gasteiger partial charge in [0, 0.05) is 56.1 Å². The third kappa shape index (κ3) is 7.00. The van der Waals surface area contributed by atoms with E-state index in [9.17, 15) is 0 Å². The SMILES string of the molecule is CN=C(NCc1ccc(Cl)cc1OC)Nc1cccc(OCCCOC)c1. The zero-order chi connectivity index (χ0) is 19.5. The summed E-state index contributed by atoms with van der Waals surface area (Å²) >= 11 is 6.01. The topological polar surface area (TPSA) is 64.1 Å². The van der Waals surface area contributed by atoms with Gasteiger partial charge in [-0.2, -0.15) is 0 Å². The van der Waals surface area contributed by atoms with Crippen LogP contribution < -0.4 is 20.1 Å². The Morgan fingerprint density at radius 3 is 2.70 bits per heavy atom. The van der Waals surface area contributed by atoms with E-state index in [2.05, 4.69) is 15.6 Å². The molecule has 0 bridgehead atoms. The second-order valence-electron chi connectivity index (χ2n) is 5.73. The third-order valence-electron chi connectivity index (χ3n) is 3.78. The molecule has 0 aliphatic rings. The Morgan fingerprint density at radius 2 is 1.96 bits per heavy atom. The average molecular weight is 392 g/mol. The predicted octanol–water partition coefficient (Wildman–Crippen LogP) is 3.95.